The largest absolute Gasteiger partial charge is 0.489 e. The second kappa shape index (κ2) is 18.7. The van der Waals surface area contributed by atoms with Crippen LogP contribution in [-0.4, -0.2) is 82.7 Å². The molecule has 0 aromatic heterocycles. The average Bonchev–Trinajstić information content (AvgIpc) is 3.16. The van der Waals surface area contributed by atoms with E-state index in [9.17, 15) is 24.6 Å². The van der Waals surface area contributed by atoms with Crippen LogP contribution in [0.15, 0.2) is 109 Å². The van der Waals surface area contributed by atoms with Crippen LogP contribution in [0.4, 0.5) is 0 Å². The van der Waals surface area contributed by atoms with Crippen LogP contribution in [0, 0.1) is 0 Å². The SMILES string of the molecule is O=C1N[C@H](CCCO)CN(C(=O)Cc2ccc3ccccc3c2)C/C=C/CN(C(=O)Cc2ccc(OCc3ccccc3)cc2)[C@@H]1CCCO. The Bertz CT molecular complexity index is 1730. The predicted molar refractivity (Wildman–Crippen MR) is 194 cm³/mol. The smallest absolute Gasteiger partial charge is 0.243 e. The number of aliphatic hydroxyl groups excluding tert-OH is 2. The number of nitrogens with one attached hydrogen (secondary N) is 1. The monoisotopic (exact) mass is 677 g/mol. The van der Waals surface area contributed by atoms with E-state index in [-0.39, 0.29) is 63.3 Å². The Morgan fingerprint density at radius 1 is 0.720 bits per heavy atom. The summed E-state index contributed by atoms with van der Waals surface area (Å²) in [5.41, 5.74) is 2.75. The molecule has 3 N–H and O–H groups in total. The van der Waals surface area contributed by atoms with E-state index in [0.29, 0.717) is 38.2 Å². The van der Waals surface area contributed by atoms with Gasteiger partial charge in [-0.2, -0.15) is 0 Å². The Morgan fingerprint density at radius 3 is 2.14 bits per heavy atom. The van der Waals surface area contributed by atoms with Gasteiger partial charge in [-0.3, -0.25) is 14.4 Å². The van der Waals surface area contributed by atoms with Gasteiger partial charge in [-0.05, 0) is 65.3 Å². The molecule has 0 bridgehead atoms. The molecule has 0 spiro atoms. The van der Waals surface area contributed by atoms with Crippen LogP contribution in [0.1, 0.15) is 42.4 Å². The lowest BCUT2D eigenvalue weighted by Crippen LogP contribution is -2.54. The van der Waals surface area contributed by atoms with Crippen molar-refractivity contribution in [1.29, 1.82) is 0 Å². The number of hydrogen-bond donors (Lipinski definition) is 3. The summed E-state index contributed by atoms with van der Waals surface area (Å²) < 4.78 is 5.90. The summed E-state index contributed by atoms with van der Waals surface area (Å²) in [5, 5.41) is 24.6. The van der Waals surface area contributed by atoms with Gasteiger partial charge in [-0.1, -0.05) is 97.1 Å². The zero-order valence-electron chi connectivity index (χ0n) is 28.5. The number of benzene rings is 4. The second-order valence-corrected chi connectivity index (χ2v) is 12.7. The summed E-state index contributed by atoms with van der Waals surface area (Å²) in [6.45, 7) is 1.03. The fourth-order valence-corrected chi connectivity index (χ4v) is 6.25. The fourth-order valence-electron chi connectivity index (χ4n) is 6.25. The van der Waals surface area contributed by atoms with Crippen molar-refractivity contribution in [3.8, 4) is 5.75 Å². The zero-order chi connectivity index (χ0) is 35.1. The van der Waals surface area contributed by atoms with Gasteiger partial charge < -0.3 is 30.1 Å². The molecular formula is C41H47N3O6. The van der Waals surface area contributed by atoms with Crippen LogP contribution in [0.2, 0.25) is 0 Å². The van der Waals surface area contributed by atoms with Gasteiger partial charge in [0.1, 0.15) is 18.4 Å². The Balaban J connectivity index is 1.31. The van der Waals surface area contributed by atoms with Gasteiger partial charge in [0.05, 0.1) is 12.8 Å². The number of nitrogens with zero attached hydrogens (tertiary/aromatic N) is 2. The maximum absolute atomic E-state index is 13.9. The summed E-state index contributed by atoms with van der Waals surface area (Å²) in [6.07, 6.45) is 5.54. The van der Waals surface area contributed by atoms with Crippen LogP contribution in [-0.2, 0) is 33.8 Å². The molecule has 1 aliphatic heterocycles. The first-order valence-electron chi connectivity index (χ1n) is 17.4. The van der Waals surface area contributed by atoms with Crippen LogP contribution in [0.3, 0.4) is 0 Å². The fraction of sp³-hybridized carbons (Fsp3) is 0.341. The molecule has 262 valence electrons. The summed E-state index contributed by atoms with van der Waals surface area (Å²) >= 11 is 0. The lowest BCUT2D eigenvalue weighted by atomic mass is 10.0. The molecule has 0 saturated heterocycles. The first-order valence-corrected chi connectivity index (χ1v) is 17.4. The number of rotatable bonds is 13. The molecule has 0 radical (unpaired) electrons. The van der Waals surface area contributed by atoms with E-state index >= 15 is 0 Å². The molecule has 5 rings (SSSR count). The Morgan fingerprint density at radius 2 is 1.38 bits per heavy atom. The van der Waals surface area contributed by atoms with Crippen LogP contribution in [0.25, 0.3) is 10.8 Å². The zero-order valence-corrected chi connectivity index (χ0v) is 28.5. The highest BCUT2D eigenvalue weighted by molar-refractivity contribution is 5.89. The van der Waals surface area contributed by atoms with Crippen LogP contribution >= 0.6 is 0 Å². The Kier molecular flexibility index (Phi) is 13.6. The van der Waals surface area contributed by atoms with Crippen molar-refractivity contribution in [3.63, 3.8) is 0 Å². The molecule has 0 saturated carbocycles. The quantitative estimate of drug-likeness (QED) is 0.175. The predicted octanol–water partition coefficient (Wildman–Crippen LogP) is 4.83. The standard InChI is InChI=1S/C41H47N3O6/c45-24-8-14-36-29-43(39(47)28-33-16-19-34-12-4-5-13-35(34)26-33)22-6-7-23-44(38(15-9-25-46)41(49)42-36)40(48)27-31-17-20-37(21-18-31)50-30-32-10-2-1-3-11-32/h1-7,10-13,16-21,26,36,38,45-46H,8-9,14-15,22-25,27-30H2,(H,42,49)/b7-6+/t36-,38-/m1/s1. The van der Waals surface area contributed by atoms with Crippen molar-refractivity contribution in [1.82, 2.24) is 15.1 Å². The number of amides is 3. The van der Waals surface area contributed by atoms with E-state index in [1.807, 2.05) is 109 Å². The normalized spacial score (nSPS) is 17.5. The maximum atomic E-state index is 13.9. The summed E-state index contributed by atoms with van der Waals surface area (Å²) in [6, 6.07) is 30.0. The topological polar surface area (TPSA) is 119 Å². The molecule has 2 atom stereocenters. The minimum Gasteiger partial charge on any atom is -0.489 e. The summed E-state index contributed by atoms with van der Waals surface area (Å²) in [4.78, 5) is 44.8. The minimum absolute atomic E-state index is 0.0497. The van der Waals surface area contributed by atoms with Crippen molar-refractivity contribution in [2.75, 3.05) is 32.8 Å². The summed E-state index contributed by atoms with van der Waals surface area (Å²) in [5.74, 6) is 0.0585. The molecule has 4 aromatic rings. The number of ether oxygens (including phenoxy) is 1. The van der Waals surface area contributed by atoms with Gasteiger partial charge in [0.2, 0.25) is 17.7 Å². The minimum atomic E-state index is -0.816. The highest BCUT2D eigenvalue weighted by atomic mass is 16.5. The third kappa shape index (κ3) is 10.5. The molecular weight excluding hydrogens is 630 g/mol. The highest BCUT2D eigenvalue weighted by Gasteiger charge is 2.31. The Hall–Kier alpha value is -4.99. The van der Waals surface area contributed by atoms with Gasteiger partial charge in [0.25, 0.3) is 0 Å². The average molecular weight is 678 g/mol. The van der Waals surface area contributed by atoms with E-state index in [1.54, 1.807) is 9.80 Å². The molecule has 3 amide bonds. The van der Waals surface area contributed by atoms with E-state index in [1.165, 1.54) is 0 Å². The first kappa shape index (κ1) is 36.3. The molecule has 0 fully saturated rings. The van der Waals surface area contributed by atoms with Gasteiger partial charge in [0.15, 0.2) is 0 Å². The second-order valence-electron chi connectivity index (χ2n) is 12.7. The highest BCUT2D eigenvalue weighted by Crippen LogP contribution is 2.19. The van der Waals surface area contributed by atoms with Crippen molar-refractivity contribution >= 4 is 28.5 Å². The van der Waals surface area contributed by atoms with E-state index in [0.717, 1.165) is 27.5 Å². The van der Waals surface area contributed by atoms with Gasteiger partial charge in [-0.25, -0.2) is 0 Å². The van der Waals surface area contributed by atoms with Gasteiger partial charge in [0, 0.05) is 38.9 Å². The molecule has 0 unspecified atom stereocenters. The van der Waals surface area contributed by atoms with Crippen molar-refractivity contribution in [3.05, 3.63) is 126 Å². The molecule has 0 aliphatic carbocycles. The molecule has 1 aliphatic rings. The summed E-state index contributed by atoms with van der Waals surface area (Å²) in [7, 11) is 0. The van der Waals surface area contributed by atoms with E-state index in [4.69, 9.17) is 4.74 Å². The lowest BCUT2D eigenvalue weighted by molar-refractivity contribution is -0.140. The molecule has 1 heterocycles. The lowest BCUT2D eigenvalue weighted by Gasteiger charge is -2.32. The van der Waals surface area contributed by atoms with Crippen LogP contribution < -0.4 is 10.1 Å². The maximum Gasteiger partial charge on any atom is 0.243 e. The third-order valence-corrected chi connectivity index (χ3v) is 8.98. The van der Waals surface area contributed by atoms with Gasteiger partial charge in [-0.15, -0.1) is 0 Å². The first-order chi connectivity index (χ1) is 24.4. The van der Waals surface area contributed by atoms with Crippen LogP contribution in [0.5, 0.6) is 5.75 Å². The Labute approximate surface area is 294 Å². The number of carbonyl (C=O) groups is 3. The third-order valence-electron chi connectivity index (χ3n) is 8.98. The van der Waals surface area contributed by atoms with Crippen molar-refractivity contribution < 1.29 is 29.3 Å². The van der Waals surface area contributed by atoms with Crippen molar-refractivity contribution in [2.24, 2.45) is 0 Å². The number of carbonyl (C=O) groups excluding carboxylic acids is 3. The molecule has 9 nitrogen and oxygen atoms in total. The van der Waals surface area contributed by atoms with Gasteiger partial charge >= 0.3 is 0 Å². The molecule has 50 heavy (non-hydrogen) atoms. The van der Waals surface area contributed by atoms with E-state index in [2.05, 4.69) is 5.32 Å². The molecule has 9 heteroatoms. The van der Waals surface area contributed by atoms with E-state index < -0.39 is 12.1 Å². The molecule has 4 aromatic carbocycles. The van der Waals surface area contributed by atoms with Crippen molar-refractivity contribution in [2.45, 2.75) is 57.2 Å². The number of hydrogen-bond acceptors (Lipinski definition) is 6. The number of fused-ring (bicyclic) bond motifs is 1. The number of aliphatic hydroxyl groups is 2.